The zero-order valence-electron chi connectivity index (χ0n) is 10.6. The lowest BCUT2D eigenvalue weighted by molar-refractivity contribution is 0.0741. The molecule has 1 rings (SSSR count). The van der Waals surface area contributed by atoms with E-state index in [0.717, 1.165) is 6.07 Å². The number of hydrogen-bond donors (Lipinski definition) is 2. The summed E-state index contributed by atoms with van der Waals surface area (Å²) in [6.07, 6.45) is 0.121. The van der Waals surface area contributed by atoms with Gasteiger partial charge in [0.25, 0.3) is 5.91 Å². The fraction of sp³-hybridized carbons (Fsp3) is 0.333. The molecule has 0 spiro atoms. The van der Waals surface area contributed by atoms with Crippen LogP contribution in [-0.4, -0.2) is 34.9 Å². The fourth-order valence-electron chi connectivity index (χ4n) is 1.54. The molecule has 0 fully saturated rings. The van der Waals surface area contributed by atoms with Gasteiger partial charge in [-0.3, -0.25) is 4.79 Å². The van der Waals surface area contributed by atoms with Crippen LogP contribution in [0.1, 0.15) is 23.7 Å². The van der Waals surface area contributed by atoms with Crippen molar-refractivity contribution in [2.45, 2.75) is 19.4 Å². The van der Waals surface area contributed by atoms with Gasteiger partial charge in [-0.2, -0.15) is 0 Å². The Bertz CT molecular complexity index is 506. The number of amides is 1. The predicted octanol–water partition coefficient (Wildman–Crippen LogP) is 1.56. The zero-order valence-corrected chi connectivity index (χ0v) is 10.6. The normalized spacial score (nSPS) is 13.2. The summed E-state index contributed by atoms with van der Waals surface area (Å²) in [6.45, 7) is 1.65. The molecule has 0 radical (unpaired) electrons. The molecule has 0 saturated heterocycles. The van der Waals surface area contributed by atoms with Crippen LogP contribution in [0.5, 0.6) is 0 Å². The van der Waals surface area contributed by atoms with Crippen LogP contribution in [-0.2, 0) is 0 Å². The average molecular weight is 271 g/mol. The van der Waals surface area contributed by atoms with Gasteiger partial charge in [0.2, 0.25) is 0 Å². The summed E-state index contributed by atoms with van der Waals surface area (Å²) < 4.78 is 26.5. The maximum Gasteiger partial charge on any atom is 0.256 e. The molecule has 0 aliphatic carbocycles. The number of oxime groups is 1. The Hall–Kier alpha value is -2.18. The Morgan fingerprint density at radius 1 is 1.53 bits per heavy atom. The topological polar surface area (TPSA) is 78.9 Å². The lowest BCUT2D eigenvalue weighted by atomic mass is 10.1. The molecule has 1 aromatic rings. The van der Waals surface area contributed by atoms with E-state index in [1.807, 2.05) is 0 Å². The van der Waals surface area contributed by atoms with Crippen molar-refractivity contribution in [3.8, 4) is 0 Å². The lowest BCUT2D eigenvalue weighted by Gasteiger charge is -2.24. The highest BCUT2D eigenvalue weighted by atomic mass is 19.2. The molecule has 7 heteroatoms. The summed E-state index contributed by atoms with van der Waals surface area (Å²) in [6, 6.07) is 2.97. The highest BCUT2D eigenvalue weighted by molar-refractivity contribution is 5.95. The molecule has 0 heterocycles. The van der Waals surface area contributed by atoms with E-state index in [1.165, 1.54) is 24.1 Å². The first-order valence-electron chi connectivity index (χ1n) is 5.56. The van der Waals surface area contributed by atoms with Gasteiger partial charge in [-0.05, 0) is 19.1 Å². The second-order valence-electron chi connectivity index (χ2n) is 4.16. The highest BCUT2D eigenvalue weighted by Crippen LogP contribution is 2.15. The molecular formula is C12H15F2N3O2. The first-order valence-corrected chi connectivity index (χ1v) is 5.56. The monoisotopic (exact) mass is 271 g/mol. The molecule has 1 aromatic carbocycles. The quantitative estimate of drug-likeness (QED) is 0.377. The molecule has 0 saturated carbocycles. The molecule has 0 bridgehead atoms. The number of carbonyl (C=O) groups is 1. The number of halogens is 2. The minimum absolute atomic E-state index is 0.0492. The largest absolute Gasteiger partial charge is 0.409 e. The van der Waals surface area contributed by atoms with E-state index in [4.69, 9.17) is 10.9 Å². The molecule has 1 amide bonds. The number of hydrogen-bond acceptors (Lipinski definition) is 3. The molecule has 0 aliphatic heterocycles. The second kappa shape index (κ2) is 6.12. The minimum atomic E-state index is -1.18. The van der Waals surface area contributed by atoms with Crippen LogP contribution in [0.2, 0.25) is 0 Å². The van der Waals surface area contributed by atoms with E-state index in [-0.39, 0.29) is 17.8 Å². The zero-order chi connectivity index (χ0) is 14.6. The van der Waals surface area contributed by atoms with Gasteiger partial charge in [0.1, 0.15) is 5.84 Å². The van der Waals surface area contributed by atoms with Crippen LogP contribution >= 0.6 is 0 Å². The van der Waals surface area contributed by atoms with Crippen molar-refractivity contribution in [3.05, 3.63) is 35.4 Å². The Kier molecular flexibility index (Phi) is 4.80. The summed E-state index contributed by atoms with van der Waals surface area (Å²) >= 11 is 0. The van der Waals surface area contributed by atoms with Gasteiger partial charge in [0.15, 0.2) is 11.6 Å². The first kappa shape index (κ1) is 14.9. The Morgan fingerprint density at radius 3 is 2.74 bits per heavy atom. The summed E-state index contributed by atoms with van der Waals surface area (Å²) in [7, 11) is 1.43. The van der Waals surface area contributed by atoms with E-state index in [2.05, 4.69) is 5.16 Å². The average Bonchev–Trinajstić information content (AvgIpc) is 2.39. The van der Waals surface area contributed by atoms with Gasteiger partial charge < -0.3 is 15.8 Å². The number of nitrogens with two attached hydrogens (primary N) is 1. The molecule has 1 unspecified atom stereocenters. The van der Waals surface area contributed by atoms with Gasteiger partial charge in [0.05, 0.1) is 5.56 Å². The second-order valence-corrected chi connectivity index (χ2v) is 4.16. The molecule has 19 heavy (non-hydrogen) atoms. The van der Waals surface area contributed by atoms with Gasteiger partial charge >= 0.3 is 0 Å². The van der Waals surface area contributed by atoms with Crippen LogP contribution in [0.15, 0.2) is 23.4 Å². The van der Waals surface area contributed by atoms with E-state index < -0.39 is 23.6 Å². The van der Waals surface area contributed by atoms with Gasteiger partial charge in [0, 0.05) is 19.5 Å². The van der Waals surface area contributed by atoms with Crippen LogP contribution in [0.25, 0.3) is 0 Å². The Labute approximate surface area is 109 Å². The molecular weight excluding hydrogens is 256 g/mol. The fourth-order valence-corrected chi connectivity index (χ4v) is 1.54. The maximum absolute atomic E-state index is 13.5. The van der Waals surface area contributed by atoms with Crippen molar-refractivity contribution in [3.63, 3.8) is 0 Å². The smallest absolute Gasteiger partial charge is 0.256 e. The van der Waals surface area contributed by atoms with Crippen molar-refractivity contribution in [2.75, 3.05) is 7.05 Å². The van der Waals surface area contributed by atoms with Crippen LogP contribution in [0.3, 0.4) is 0 Å². The van der Waals surface area contributed by atoms with Crippen molar-refractivity contribution in [2.24, 2.45) is 10.9 Å². The minimum Gasteiger partial charge on any atom is -0.409 e. The highest BCUT2D eigenvalue weighted by Gasteiger charge is 2.22. The molecule has 0 aromatic heterocycles. The van der Waals surface area contributed by atoms with E-state index in [0.29, 0.717) is 0 Å². The van der Waals surface area contributed by atoms with Gasteiger partial charge in [-0.25, -0.2) is 8.78 Å². The molecule has 5 nitrogen and oxygen atoms in total. The van der Waals surface area contributed by atoms with Gasteiger partial charge in [-0.15, -0.1) is 0 Å². The predicted molar refractivity (Wildman–Crippen MR) is 65.9 cm³/mol. The van der Waals surface area contributed by atoms with E-state index in [9.17, 15) is 13.6 Å². The lowest BCUT2D eigenvalue weighted by Crippen LogP contribution is -2.38. The summed E-state index contributed by atoms with van der Waals surface area (Å²) in [5, 5.41) is 11.2. The summed E-state index contributed by atoms with van der Waals surface area (Å²) in [5.41, 5.74) is 4.98. The van der Waals surface area contributed by atoms with E-state index >= 15 is 0 Å². The molecule has 104 valence electrons. The number of benzene rings is 1. The number of amidine groups is 1. The summed E-state index contributed by atoms with van der Waals surface area (Å²) in [4.78, 5) is 13.2. The van der Waals surface area contributed by atoms with Gasteiger partial charge in [-0.1, -0.05) is 11.2 Å². The number of carbonyl (C=O) groups excluding carboxylic acids is 1. The third-order valence-electron chi connectivity index (χ3n) is 2.80. The molecule has 3 N–H and O–H groups in total. The van der Waals surface area contributed by atoms with E-state index in [1.54, 1.807) is 6.92 Å². The number of nitrogens with zero attached hydrogens (tertiary/aromatic N) is 2. The third kappa shape index (κ3) is 3.40. The van der Waals surface area contributed by atoms with Crippen LogP contribution in [0, 0.1) is 11.6 Å². The molecule has 0 aliphatic rings. The van der Waals surface area contributed by atoms with Crippen LogP contribution in [0.4, 0.5) is 8.78 Å². The Morgan fingerprint density at radius 2 is 2.16 bits per heavy atom. The standard InChI is InChI=1S/C12H15F2N3O2/c1-7(6-10(15)16-19)17(2)12(18)8-4-3-5-9(13)11(8)14/h3-5,7,19H,6H2,1-2H3,(H2,15,16). The Balaban J connectivity index is 2.90. The van der Waals surface area contributed by atoms with Crippen LogP contribution < -0.4 is 5.73 Å². The third-order valence-corrected chi connectivity index (χ3v) is 2.80. The molecule has 1 atom stereocenters. The SMILES string of the molecule is CC(CC(N)=NO)N(C)C(=O)c1cccc(F)c1F. The van der Waals surface area contributed by atoms with Crippen molar-refractivity contribution < 1.29 is 18.8 Å². The van der Waals surface area contributed by atoms with Crippen molar-refractivity contribution in [1.29, 1.82) is 0 Å². The first-order chi connectivity index (χ1) is 8.88. The van der Waals surface area contributed by atoms with Crippen molar-refractivity contribution >= 4 is 11.7 Å². The maximum atomic E-state index is 13.5. The summed E-state index contributed by atoms with van der Waals surface area (Å²) in [5.74, 6) is -2.99. The van der Waals surface area contributed by atoms with Crippen molar-refractivity contribution in [1.82, 2.24) is 4.90 Å². The number of rotatable bonds is 4.